The molecule has 0 radical (unpaired) electrons. The summed E-state index contributed by atoms with van der Waals surface area (Å²) in [5, 5.41) is 17.3. The average Bonchev–Trinajstić information content (AvgIpc) is 3.01. The summed E-state index contributed by atoms with van der Waals surface area (Å²) in [7, 11) is 0. The Morgan fingerprint density at radius 1 is 1.30 bits per heavy atom. The van der Waals surface area contributed by atoms with Crippen LogP contribution in [0.2, 0.25) is 0 Å². The van der Waals surface area contributed by atoms with Gasteiger partial charge in [0.05, 0.1) is 24.2 Å². The minimum absolute atomic E-state index is 0.0334. The molecule has 1 aromatic carbocycles. The van der Waals surface area contributed by atoms with Crippen molar-refractivity contribution in [3.63, 3.8) is 0 Å². The predicted molar refractivity (Wildman–Crippen MR) is 72.5 cm³/mol. The minimum atomic E-state index is -0.401. The number of aliphatic hydroxyl groups is 1. The van der Waals surface area contributed by atoms with E-state index in [1.807, 2.05) is 12.1 Å². The smallest absolute Gasteiger partial charge is 0.253 e. The van der Waals surface area contributed by atoms with E-state index in [0.29, 0.717) is 18.7 Å². The first kappa shape index (κ1) is 12.8. The number of hydrogen-bond donors (Lipinski definition) is 1. The number of hydrogen-bond acceptors (Lipinski definition) is 4. The first-order valence-corrected chi connectivity index (χ1v) is 6.68. The molecule has 1 aliphatic heterocycles. The molecule has 1 aliphatic rings. The predicted octanol–water partition coefficient (Wildman–Crippen LogP) is 0.864. The van der Waals surface area contributed by atoms with Crippen LogP contribution in [0.3, 0.4) is 0 Å². The third-order valence-electron chi connectivity index (χ3n) is 3.49. The number of carbonyl (C=O) groups excluding carboxylic acids is 1. The average molecular weight is 272 g/mol. The van der Waals surface area contributed by atoms with E-state index in [9.17, 15) is 9.90 Å². The van der Waals surface area contributed by atoms with Crippen molar-refractivity contribution in [2.75, 3.05) is 13.1 Å². The lowest BCUT2D eigenvalue weighted by Gasteiger charge is -2.30. The van der Waals surface area contributed by atoms with Crippen LogP contribution < -0.4 is 0 Å². The Balaban J connectivity index is 1.75. The number of carbonyl (C=O) groups is 1. The van der Waals surface area contributed by atoms with Gasteiger partial charge in [-0.05, 0) is 37.1 Å². The molecular formula is C14H16N4O2. The van der Waals surface area contributed by atoms with Gasteiger partial charge in [-0.25, -0.2) is 4.68 Å². The second-order valence-corrected chi connectivity index (χ2v) is 4.94. The molecule has 2 heterocycles. The molecule has 1 atom stereocenters. The van der Waals surface area contributed by atoms with E-state index in [1.165, 1.54) is 0 Å². The number of amides is 1. The number of aliphatic hydroxyl groups excluding tert-OH is 1. The number of likely N-dealkylation sites (tertiary alicyclic amines) is 1. The van der Waals surface area contributed by atoms with E-state index in [1.54, 1.807) is 34.1 Å². The van der Waals surface area contributed by atoms with Gasteiger partial charge < -0.3 is 10.0 Å². The van der Waals surface area contributed by atoms with E-state index in [4.69, 9.17) is 0 Å². The first-order valence-electron chi connectivity index (χ1n) is 6.68. The summed E-state index contributed by atoms with van der Waals surface area (Å²) >= 11 is 0. The van der Waals surface area contributed by atoms with Gasteiger partial charge in [0.25, 0.3) is 5.91 Å². The number of β-amino-alcohol motifs (C(OH)–C–C–N with tert-alkyl or cyclic N) is 1. The SMILES string of the molecule is O=C(c1ccc(-n2ccnn2)cc1)N1CCCC(O)C1. The molecule has 0 spiro atoms. The molecule has 0 saturated carbocycles. The second kappa shape index (κ2) is 5.42. The van der Waals surface area contributed by atoms with Crippen molar-refractivity contribution in [2.24, 2.45) is 0 Å². The van der Waals surface area contributed by atoms with Gasteiger partial charge in [0.2, 0.25) is 0 Å². The summed E-state index contributed by atoms with van der Waals surface area (Å²) in [5.41, 5.74) is 1.49. The molecular weight excluding hydrogens is 256 g/mol. The first-order chi connectivity index (χ1) is 9.74. The van der Waals surface area contributed by atoms with Crippen LogP contribution in [0, 0.1) is 0 Å². The van der Waals surface area contributed by atoms with Gasteiger partial charge in [0.1, 0.15) is 0 Å². The van der Waals surface area contributed by atoms with Crippen molar-refractivity contribution >= 4 is 5.91 Å². The van der Waals surface area contributed by atoms with Gasteiger partial charge in [-0.1, -0.05) is 5.21 Å². The lowest BCUT2D eigenvalue weighted by Crippen LogP contribution is -2.42. The number of piperidine rings is 1. The van der Waals surface area contributed by atoms with Crippen LogP contribution in [0.5, 0.6) is 0 Å². The Kier molecular flexibility index (Phi) is 3.47. The van der Waals surface area contributed by atoms with Crippen molar-refractivity contribution < 1.29 is 9.90 Å². The maximum absolute atomic E-state index is 12.3. The number of benzene rings is 1. The molecule has 1 amide bonds. The molecule has 1 fully saturated rings. The molecule has 1 aromatic heterocycles. The minimum Gasteiger partial charge on any atom is -0.391 e. The molecule has 3 rings (SSSR count). The molecule has 104 valence electrons. The standard InChI is InChI=1S/C14H16N4O2/c19-13-2-1-8-17(10-13)14(20)11-3-5-12(6-4-11)18-9-7-15-16-18/h3-7,9,13,19H,1-2,8,10H2. The molecule has 0 bridgehead atoms. The quantitative estimate of drug-likeness (QED) is 0.880. The van der Waals surface area contributed by atoms with Crippen LogP contribution in [0.25, 0.3) is 5.69 Å². The number of rotatable bonds is 2. The molecule has 1 N–H and O–H groups in total. The lowest BCUT2D eigenvalue weighted by atomic mass is 10.1. The summed E-state index contributed by atoms with van der Waals surface area (Å²) in [6.45, 7) is 1.13. The fourth-order valence-electron chi connectivity index (χ4n) is 2.42. The van der Waals surface area contributed by atoms with Crippen molar-refractivity contribution in [3.8, 4) is 5.69 Å². The van der Waals surface area contributed by atoms with Crippen LogP contribution in [0.4, 0.5) is 0 Å². The molecule has 6 nitrogen and oxygen atoms in total. The Hall–Kier alpha value is -2.21. The zero-order chi connectivity index (χ0) is 13.9. The lowest BCUT2D eigenvalue weighted by molar-refractivity contribution is 0.0474. The second-order valence-electron chi connectivity index (χ2n) is 4.94. The van der Waals surface area contributed by atoms with Crippen LogP contribution in [-0.2, 0) is 0 Å². The highest BCUT2D eigenvalue weighted by Crippen LogP contribution is 2.15. The molecule has 1 saturated heterocycles. The van der Waals surface area contributed by atoms with Gasteiger partial charge >= 0.3 is 0 Å². The summed E-state index contributed by atoms with van der Waals surface area (Å²) in [6, 6.07) is 7.23. The van der Waals surface area contributed by atoms with Gasteiger partial charge in [0, 0.05) is 18.7 Å². The third kappa shape index (κ3) is 2.55. The Morgan fingerprint density at radius 2 is 2.10 bits per heavy atom. The van der Waals surface area contributed by atoms with Crippen LogP contribution in [0.1, 0.15) is 23.2 Å². The molecule has 0 aliphatic carbocycles. The summed E-state index contributed by atoms with van der Waals surface area (Å²) in [5.74, 6) is -0.0334. The zero-order valence-corrected chi connectivity index (χ0v) is 11.0. The maximum Gasteiger partial charge on any atom is 0.253 e. The van der Waals surface area contributed by atoms with Crippen LogP contribution in [-0.4, -0.2) is 50.1 Å². The molecule has 20 heavy (non-hydrogen) atoms. The van der Waals surface area contributed by atoms with Gasteiger partial charge in [-0.3, -0.25) is 4.79 Å². The van der Waals surface area contributed by atoms with Gasteiger partial charge in [-0.15, -0.1) is 5.10 Å². The normalized spacial score (nSPS) is 19.1. The van der Waals surface area contributed by atoms with Gasteiger partial charge in [-0.2, -0.15) is 0 Å². The monoisotopic (exact) mass is 272 g/mol. The van der Waals surface area contributed by atoms with E-state index in [0.717, 1.165) is 18.5 Å². The van der Waals surface area contributed by atoms with Crippen LogP contribution >= 0.6 is 0 Å². The molecule has 1 unspecified atom stereocenters. The van der Waals surface area contributed by atoms with Gasteiger partial charge in [0.15, 0.2) is 0 Å². The van der Waals surface area contributed by atoms with Crippen molar-refractivity contribution in [3.05, 3.63) is 42.2 Å². The van der Waals surface area contributed by atoms with E-state index >= 15 is 0 Å². The third-order valence-corrected chi connectivity index (χ3v) is 3.49. The summed E-state index contributed by atoms with van der Waals surface area (Å²) in [4.78, 5) is 14.0. The van der Waals surface area contributed by atoms with E-state index in [2.05, 4.69) is 10.3 Å². The fraction of sp³-hybridized carbons (Fsp3) is 0.357. The largest absolute Gasteiger partial charge is 0.391 e. The Bertz CT molecular complexity index is 580. The molecule has 6 heteroatoms. The highest BCUT2D eigenvalue weighted by Gasteiger charge is 2.22. The Morgan fingerprint density at radius 3 is 2.75 bits per heavy atom. The number of nitrogens with zero attached hydrogens (tertiary/aromatic N) is 4. The van der Waals surface area contributed by atoms with Crippen molar-refractivity contribution in [2.45, 2.75) is 18.9 Å². The summed E-state index contributed by atoms with van der Waals surface area (Å²) in [6.07, 6.45) is 4.58. The highest BCUT2D eigenvalue weighted by molar-refractivity contribution is 5.94. The molecule has 2 aromatic rings. The van der Waals surface area contributed by atoms with Crippen molar-refractivity contribution in [1.29, 1.82) is 0 Å². The topological polar surface area (TPSA) is 71.2 Å². The highest BCUT2D eigenvalue weighted by atomic mass is 16.3. The maximum atomic E-state index is 12.3. The summed E-state index contributed by atoms with van der Waals surface area (Å²) < 4.78 is 1.64. The fourth-order valence-corrected chi connectivity index (χ4v) is 2.42. The number of aromatic nitrogens is 3. The zero-order valence-electron chi connectivity index (χ0n) is 11.0. The van der Waals surface area contributed by atoms with Crippen LogP contribution in [0.15, 0.2) is 36.7 Å². The van der Waals surface area contributed by atoms with E-state index < -0.39 is 6.10 Å². The Labute approximate surface area is 116 Å². The van der Waals surface area contributed by atoms with Crippen molar-refractivity contribution in [1.82, 2.24) is 19.9 Å². The van der Waals surface area contributed by atoms with E-state index in [-0.39, 0.29) is 5.91 Å².